The fourth-order valence-corrected chi connectivity index (χ4v) is 2.05. The van der Waals surface area contributed by atoms with E-state index in [-0.39, 0.29) is 12.3 Å². The van der Waals surface area contributed by atoms with Crippen LogP contribution in [0.4, 0.5) is 0 Å². The van der Waals surface area contributed by atoms with Crippen LogP contribution in [0.5, 0.6) is 0 Å². The van der Waals surface area contributed by atoms with E-state index < -0.39 is 5.97 Å². The van der Waals surface area contributed by atoms with Crippen LogP contribution < -0.4 is 0 Å². The van der Waals surface area contributed by atoms with Crippen molar-refractivity contribution in [1.29, 1.82) is 0 Å². The number of carboxylic acids is 1. The zero-order valence-corrected chi connectivity index (χ0v) is 10.9. The number of nitrogens with one attached hydrogen (secondary N) is 1. The van der Waals surface area contributed by atoms with Crippen LogP contribution in [0, 0.1) is 5.92 Å². The Hall–Kier alpha value is -1.43. The number of hydrogen-bond donors (Lipinski definition) is 2. The van der Waals surface area contributed by atoms with Gasteiger partial charge < -0.3 is 10.1 Å². The molecule has 6 heteroatoms. The molecule has 90 valence electrons. The van der Waals surface area contributed by atoms with Crippen LogP contribution in [0.3, 0.4) is 0 Å². The van der Waals surface area contributed by atoms with E-state index in [1.54, 1.807) is 6.20 Å². The van der Waals surface area contributed by atoms with E-state index in [2.05, 4.69) is 30.9 Å². The van der Waals surface area contributed by atoms with Crippen LogP contribution in [-0.2, 0) is 11.2 Å². The van der Waals surface area contributed by atoms with Gasteiger partial charge in [-0.3, -0.25) is 4.79 Å². The molecule has 0 radical (unpaired) electrons. The van der Waals surface area contributed by atoms with Gasteiger partial charge in [-0.1, -0.05) is 6.92 Å². The number of carbonyl (C=O) groups is 1. The number of hydrogen-bond acceptors (Lipinski definition) is 3. The first-order valence-electron chi connectivity index (χ1n) is 5.26. The summed E-state index contributed by atoms with van der Waals surface area (Å²) in [5, 5.41) is 8.69. The first kappa shape index (κ1) is 12.0. The van der Waals surface area contributed by atoms with Gasteiger partial charge in [-0.05, 0) is 27.9 Å². The van der Waals surface area contributed by atoms with E-state index in [1.165, 1.54) is 0 Å². The Morgan fingerprint density at radius 1 is 1.65 bits per heavy atom. The van der Waals surface area contributed by atoms with Gasteiger partial charge in [0.05, 0.1) is 5.52 Å². The smallest absolute Gasteiger partial charge is 0.303 e. The SMILES string of the molecule is CC(CC(=O)O)Cc1nc2ncc(Br)cc2[nH]1. The Kier molecular flexibility index (Phi) is 3.42. The average Bonchev–Trinajstić information content (AvgIpc) is 2.57. The Morgan fingerprint density at radius 2 is 2.41 bits per heavy atom. The van der Waals surface area contributed by atoms with Gasteiger partial charge in [-0.2, -0.15) is 0 Å². The van der Waals surface area contributed by atoms with Gasteiger partial charge in [0.2, 0.25) is 0 Å². The van der Waals surface area contributed by atoms with Crippen molar-refractivity contribution in [3.8, 4) is 0 Å². The Morgan fingerprint density at radius 3 is 3.12 bits per heavy atom. The Balaban J connectivity index is 2.16. The highest BCUT2D eigenvalue weighted by Gasteiger charge is 2.11. The van der Waals surface area contributed by atoms with E-state index in [9.17, 15) is 4.79 Å². The van der Waals surface area contributed by atoms with E-state index in [1.807, 2.05) is 13.0 Å². The monoisotopic (exact) mass is 297 g/mol. The molecule has 2 N–H and O–H groups in total. The first-order chi connectivity index (χ1) is 8.04. The lowest BCUT2D eigenvalue weighted by molar-refractivity contribution is -0.137. The predicted molar refractivity (Wildman–Crippen MR) is 66.7 cm³/mol. The quantitative estimate of drug-likeness (QED) is 0.908. The second-order valence-electron chi connectivity index (χ2n) is 4.12. The summed E-state index contributed by atoms with van der Waals surface area (Å²) in [6.07, 6.45) is 2.45. The lowest BCUT2D eigenvalue weighted by Crippen LogP contribution is -2.07. The van der Waals surface area contributed by atoms with Crippen LogP contribution in [0.25, 0.3) is 11.2 Å². The molecule has 0 amide bonds. The molecule has 0 aliphatic heterocycles. The standard InChI is InChI=1S/C11H12BrN3O2/c1-6(3-10(16)17)2-9-14-8-4-7(12)5-13-11(8)15-9/h4-6H,2-3H2,1H3,(H,16,17)(H,13,14,15). The number of halogens is 1. The predicted octanol–water partition coefficient (Wildman–Crippen LogP) is 2.37. The zero-order valence-electron chi connectivity index (χ0n) is 9.27. The molecule has 0 aromatic carbocycles. The van der Waals surface area contributed by atoms with Gasteiger partial charge in [0.15, 0.2) is 5.65 Å². The lowest BCUT2D eigenvalue weighted by Gasteiger charge is -2.04. The summed E-state index contributed by atoms with van der Waals surface area (Å²) in [4.78, 5) is 22.2. The molecule has 5 nitrogen and oxygen atoms in total. The first-order valence-corrected chi connectivity index (χ1v) is 6.06. The van der Waals surface area contributed by atoms with Crippen molar-refractivity contribution in [3.63, 3.8) is 0 Å². The second kappa shape index (κ2) is 4.83. The van der Waals surface area contributed by atoms with Crippen LogP contribution in [0.15, 0.2) is 16.7 Å². The van der Waals surface area contributed by atoms with Crippen molar-refractivity contribution in [2.45, 2.75) is 19.8 Å². The summed E-state index contributed by atoms with van der Waals surface area (Å²) in [6, 6.07) is 1.90. The Bertz CT molecular complexity index is 553. The van der Waals surface area contributed by atoms with Crippen LogP contribution in [0.2, 0.25) is 0 Å². The topological polar surface area (TPSA) is 78.9 Å². The molecule has 0 fully saturated rings. The molecule has 17 heavy (non-hydrogen) atoms. The molecule has 2 aromatic heterocycles. The molecule has 2 rings (SSSR count). The number of pyridine rings is 1. The molecule has 0 bridgehead atoms. The number of aromatic amines is 1. The minimum atomic E-state index is -0.783. The molecule has 0 aliphatic carbocycles. The highest BCUT2D eigenvalue weighted by Crippen LogP contribution is 2.17. The highest BCUT2D eigenvalue weighted by molar-refractivity contribution is 9.10. The molecule has 1 unspecified atom stereocenters. The minimum Gasteiger partial charge on any atom is -0.481 e. The largest absolute Gasteiger partial charge is 0.481 e. The van der Waals surface area contributed by atoms with Crippen LogP contribution >= 0.6 is 15.9 Å². The number of aromatic nitrogens is 3. The third-order valence-corrected chi connectivity index (χ3v) is 2.85. The fourth-order valence-electron chi connectivity index (χ4n) is 1.72. The molecule has 2 aromatic rings. The summed E-state index contributed by atoms with van der Waals surface area (Å²) in [7, 11) is 0. The fraction of sp³-hybridized carbons (Fsp3) is 0.364. The molecule has 0 saturated carbocycles. The highest BCUT2D eigenvalue weighted by atomic mass is 79.9. The number of aliphatic carboxylic acids is 1. The summed E-state index contributed by atoms with van der Waals surface area (Å²) in [6.45, 7) is 1.89. The maximum Gasteiger partial charge on any atom is 0.303 e. The molecule has 0 spiro atoms. The van der Waals surface area contributed by atoms with Crippen molar-refractivity contribution in [2.75, 3.05) is 0 Å². The van der Waals surface area contributed by atoms with E-state index in [0.29, 0.717) is 12.1 Å². The third kappa shape index (κ3) is 3.03. The van der Waals surface area contributed by atoms with E-state index in [4.69, 9.17) is 5.11 Å². The van der Waals surface area contributed by atoms with Gasteiger partial charge >= 0.3 is 5.97 Å². The van der Waals surface area contributed by atoms with Crippen LogP contribution in [-0.4, -0.2) is 26.0 Å². The van der Waals surface area contributed by atoms with E-state index in [0.717, 1.165) is 15.8 Å². The summed E-state index contributed by atoms with van der Waals surface area (Å²) in [5.41, 5.74) is 1.52. The summed E-state index contributed by atoms with van der Waals surface area (Å²) < 4.78 is 0.888. The lowest BCUT2D eigenvalue weighted by atomic mass is 10.0. The number of rotatable bonds is 4. The van der Waals surface area contributed by atoms with Crippen LogP contribution in [0.1, 0.15) is 19.2 Å². The molecule has 1 atom stereocenters. The van der Waals surface area contributed by atoms with Gasteiger partial charge in [0, 0.05) is 23.5 Å². The number of H-pyrrole nitrogens is 1. The minimum absolute atomic E-state index is 0.0523. The molecule has 2 heterocycles. The number of imidazole rings is 1. The maximum absolute atomic E-state index is 10.6. The third-order valence-electron chi connectivity index (χ3n) is 2.42. The molecular weight excluding hydrogens is 286 g/mol. The summed E-state index contributed by atoms with van der Waals surface area (Å²) in [5.74, 6) is 0.0466. The summed E-state index contributed by atoms with van der Waals surface area (Å²) >= 11 is 3.34. The van der Waals surface area contributed by atoms with E-state index >= 15 is 0 Å². The zero-order chi connectivity index (χ0) is 12.4. The van der Waals surface area contributed by atoms with Gasteiger partial charge in [-0.25, -0.2) is 9.97 Å². The second-order valence-corrected chi connectivity index (χ2v) is 5.03. The van der Waals surface area contributed by atoms with Crippen molar-refractivity contribution in [1.82, 2.24) is 15.0 Å². The van der Waals surface area contributed by atoms with Gasteiger partial charge in [0.25, 0.3) is 0 Å². The number of nitrogens with zero attached hydrogens (tertiary/aromatic N) is 2. The van der Waals surface area contributed by atoms with Crippen molar-refractivity contribution >= 4 is 33.1 Å². The molecule has 0 saturated heterocycles. The van der Waals surface area contributed by atoms with Crippen molar-refractivity contribution < 1.29 is 9.90 Å². The van der Waals surface area contributed by atoms with Crippen molar-refractivity contribution in [2.24, 2.45) is 5.92 Å². The molecular formula is C11H12BrN3O2. The maximum atomic E-state index is 10.6. The number of fused-ring (bicyclic) bond motifs is 1. The number of carboxylic acid groups (broad SMARTS) is 1. The molecule has 0 aliphatic rings. The normalized spacial score (nSPS) is 12.8. The van der Waals surface area contributed by atoms with Crippen molar-refractivity contribution in [3.05, 3.63) is 22.6 Å². The van der Waals surface area contributed by atoms with Gasteiger partial charge in [0.1, 0.15) is 5.82 Å². The Labute approximate surface area is 106 Å². The average molecular weight is 298 g/mol. The van der Waals surface area contributed by atoms with Gasteiger partial charge in [-0.15, -0.1) is 0 Å².